The summed E-state index contributed by atoms with van der Waals surface area (Å²) in [4.78, 5) is 28.1. The molecule has 0 spiro atoms. The van der Waals surface area contributed by atoms with Crippen LogP contribution in [0, 0.1) is 13.8 Å². The molecule has 1 aliphatic heterocycles. The summed E-state index contributed by atoms with van der Waals surface area (Å²) in [6, 6.07) is 19.9. The third kappa shape index (κ3) is 3.80. The second-order valence-corrected chi connectivity index (χ2v) is 7.73. The number of nitrogens with zero attached hydrogens (tertiary/aromatic N) is 1. The van der Waals surface area contributed by atoms with Gasteiger partial charge in [-0.25, -0.2) is 4.90 Å². The Labute approximate surface area is 185 Å². The molecule has 0 saturated heterocycles. The van der Waals surface area contributed by atoms with Crippen LogP contribution in [0.15, 0.2) is 72.4 Å². The highest BCUT2D eigenvalue weighted by atomic mass is 35.5. The third-order valence-electron chi connectivity index (χ3n) is 5.17. The lowest BCUT2D eigenvalue weighted by Gasteiger charge is -2.17. The predicted octanol–water partition coefficient (Wildman–Crippen LogP) is 5.36. The van der Waals surface area contributed by atoms with Gasteiger partial charge in [0.15, 0.2) is 0 Å². The monoisotopic (exact) mass is 432 g/mol. The number of rotatable bonds is 5. The van der Waals surface area contributed by atoms with Gasteiger partial charge in [0.1, 0.15) is 11.4 Å². The number of carbonyl (C=O) groups is 2. The summed E-state index contributed by atoms with van der Waals surface area (Å²) in [5, 5.41) is 3.65. The van der Waals surface area contributed by atoms with Gasteiger partial charge >= 0.3 is 0 Å². The van der Waals surface area contributed by atoms with Crippen molar-refractivity contribution in [2.75, 3.05) is 17.3 Å². The van der Waals surface area contributed by atoms with Crippen molar-refractivity contribution in [1.82, 2.24) is 0 Å². The number of imide groups is 1. The molecule has 31 heavy (non-hydrogen) atoms. The molecule has 4 rings (SSSR count). The minimum absolute atomic E-state index is 0.191. The van der Waals surface area contributed by atoms with Crippen molar-refractivity contribution in [2.24, 2.45) is 0 Å². The average Bonchev–Trinajstić information content (AvgIpc) is 3.00. The molecule has 6 heteroatoms. The summed E-state index contributed by atoms with van der Waals surface area (Å²) >= 11 is 6.27. The molecule has 0 atom stereocenters. The molecule has 2 amide bonds. The zero-order valence-corrected chi connectivity index (χ0v) is 18.2. The number of benzene rings is 3. The van der Waals surface area contributed by atoms with Crippen molar-refractivity contribution >= 4 is 40.4 Å². The standard InChI is InChI=1S/C25H21ClN2O3/c1-15-9-12-21(31-3)20(13-15)27-23-22(17-7-5-4-6-8-17)24(29)28(25(23)30)18-11-10-16(2)19(26)14-18/h4-14,27H,1-3H3. The number of carbonyl (C=O) groups excluding carboxylic acids is 2. The summed E-state index contributed by atoms with van der Waals surface area (Å²) in [6.07, 6.45) is 0. The fourth-order valence-corrected chi connectivity index (χ4v) is 3.70. The average molecular weight is 433 g/mol. The first-order chi connectivity index (χ1) is 14.9. The first kappa shape index (κ1) is 20.7. The van der Waals surface area contributed by atoms with Crippen LogP contribution in [-0.4, -0.2) is 18.9 Å². The fraction of sp³-hybridized carbons (Fsp3) is 0.120. The van der Waals surface area contributed by atoms with Crippen LogP contribution in [0.3, 0.4) is 0 Å². The van der Waals surface area contributed by atoms with Crippen molar-refractivity contribution in [1.29, 1.82) is 0 Å². The van der Waals surface area contributed by atoms with Crippen molar-refractivity contribution in [3.8, 4) is 5.75 Å². The number of ether oxygens (including phenoxy) is 1. The molecule has 0 unspecified atom stereocenters. The van der Waals surface area contributed by atoms with E-state index >= 15 is 0 Å². The van der Waals surface area contributed by atoms with Crippen molar-refractivity contribution < 1.29 is 14.3 Å². The first-order valence-electron chi connectivity index (χ1n) is 9.77. The van der Waals surface area contributed by atoms with Gasteiger partial charge in [-0.1, -0.05) is 54.1 Å². The minimum Gasteiger partial charge on any atom is -0.495 e. The van der Waals surface area contributed by atoms with Gasteiger partial charge in [0.2, 0.25) is 0 Å². The Hall–Kier alpha value is -3.57. The number of amides is 2. The summed E-state index contributed by atoms with van der Waals surface area (Å²) in [6.45, 7) is 3.81. The highest BCUT2D eigenvalue weighted by molar-refractivity contribution is 6.46. The molecule has 0 bridgehead atoms. The maximum absolute atomic E-state index is 13.5. The smallest absolute Gasteiger partial charge is 0.282 e. The number of methoxy groups -OCH3 is 1. The quantitative estimate of drug-likeness (QED) is 0.551. The van der Waals surface area contributed by atoms with E-state index in [1.54, 1.807) is 37.4 Å². The minimum atomic E-state index is -0.452. The van der Waals surface area contributed by atoms with E-state index in [1.807, 2.05) is 50.2 Å². The van der Waals surface area contributed by atoms with Crippen molar-refractivity contribution in [3.05, 3.63) is 94.1 Å². The van der Waals surface area contributed by atoms with Gasteiger partial charge in [-0.3, -0.25) is 9.59 Å². The van der Waals surface area contributed by atoms with E-state index in [2.05, 4.69) is 5.32 Å². The molecule has 0 aromatic heterocycles. The number of aryl methyl sites for hydroxylation is 2. The zero-order chi connectivity index (χ0) is 22.1. The largest absolute Gasteiger partial charge is 0.495 e. The number of halogens is 1. The fourth-order valence-electron chi connectivity index (χ4n) is 3.53. The van der Waals surface area contributed by atoms with E-state index in [4.69, 9.17) is 16.3 Å². The molecule has 0 aliphatic carbocycles. The van der Waals surface area contributed by atoms with E-state index in [0.717, 1.165) is 16.0 Å². The molecule has 1 heterocycles. The molecule has 3 aromatic carbocycles. The number of nitrogens with one attached hydrogen (secondary N) is 1. The van der Waals surface area contributed by atoms with Crippen LogP contribution in [0.1, 0.15) is 16.7 Å². The highest BCUT2D eigenvalue weighted by Crippen LogP contribution is 2.36. The molecular formula is C25H21ClN2O3. The molecule has 0 saturated carbocycles. The maximum atomic E-state index is 13.5. The van der Waals surface area contributed by atoms with Crippen LogP contribution in [-0.2, 0) is 9.59 Å². The maximum Gasteiger partial charge on any atom is 0.282 e. The Morgan fingerprint density at radius 1 is 0.903 bits per heavy atom. The first-order valence-corrected chi connectivity index (χ1v) is 10.1. The Morgan fingerprint density at radius 2 is 1.65 bits per heavy atom. The second kappa shape index (κ2) is 8.28. The van der Waals surface area contributed by atoms with Gasteiger partial charge < -0.3 is 10.1 Å². The van der Waals surface area contributed by atoms with Crippen molar-refractivity contribution in [2.45, 2.75) is 13.8 Å². The Bertz CT molecular complexity index is 1220. The van der Waals surface area contributed by atoms with E-state index < -0.39 is 11.8 Å². The van der Waals surface area contributed by atoms with E-state index in [-0.39, 0.29) is 5.70 Å². The van der Waals surface area contributed by atoms with Crippen LogP contribution in [0.25, 0.3) is 5.57 Å². The molecule has 1 N–H and O–H groups in total. The zero-order valence-electron chi connectivity index (χ0n) is 17.4. The van der Waals surface area contributed by atoms with Gasteiger partial charge in [0, 0.05) is 5.02 Å². The molecule has 3 aromatic rings. The molecule has 156 valence electrons. The third-order valence-corrected chi connectivity index (χ3v) is 5.58. The number of hydrogen-bond acceptors (Lipinski definition) is 4. The molecular weight excluding hydrogens is 412 g/mol. The van der Waals surface area contributed by atoms with Crippen molar-refractivity contribution in [3.63, 3.8) is 0 Å². The molecule has 1 aliphatic rings. The lowest BCUT2D eigenvalue weighted by molar-refractivity contribution is -0.120. The van der Waals surface area contributed by atoms with Gasteiger partial charge in [0.05, 0.1) is 24.1 Å². The van der Waals surface area contributed by atoms with Gasteiger partial charge in [-0.15, -0.1) is 0 Å². The van der Waals surface area contributed by atoms with Gasteiger partial charge in [-0.2, -0.15) is 0 Å². The number of hydrogen-bond donors (Lipinski definition) is 1. The molecule has 0 radical (unpaired) electrons. The Balaban J connectivity index is 1.85. The molecule has 5 nitrogen and oxygen atoms in total. The Kier molecular flexibility index (Phi) is 5.53. The topological polar surface area (TPSA) is 58.6 Å². The number of anilines is 2. The SMILES string of the molecule is COc1ccc(C)cc1NC1=C(c2ccccc2)C(=O)N(c2ccc(C)c(Cl)c2)C1=O. The molecule has 0 fully saturated rings. The lowest BCUT2D eigenvalue weighted by Crippen LogP contribution is -2.32. The summed E-state index contributed by atoms with van der Waals surface area (Å²) < 4.78 is 5.44. The normalized spacial score (nSPS) is 13.7. The van der Waals surface area contributed by atoms with E-state index in [9.17, 15) is 9.59 Å². The predicted molar refractivity (Wildman–Crippen MR) is 123 cm³/mol. The lowest BCUT2D eigenvalue weighted by atomic mass is 10.0. The second-order valence-electron chi connectivity index (χ2n) is 7.32. The van der Waals surface area contributed by atoms with Crippen LogP contribution >= 0.6 is 11.6 Å². The highest BCUT2D eigenvalue weighted by Gasteiger charge is 2.40. The van der Waals surface area contributed by atoms with Crippen LogP contribution < -0.4 is 15.0 Å². The van der Waals surface area contributed by atoms with Crippen LogP contribution in [0.5, 0.6) is 5.75 Å². The van der Waals surface area contributed by atoms with E-state index in [1.165, 1.54) is 0 Å². The van der Waals surface area contributed by atoms with Crippen LogP contribution in [0.2, 0.25) is 5.02 Å². The Morgan fingerprint density at radius 3 is 2.32 bits per heavy atom. The van der Waals surface area contributed by atoms with Gasteiger partial charge in [-0.05, 0) is 54.8 Å². The van der Waals surface area contributed by atoms with Crippen LogP contribution in [0.4, 0.5) is 11.4 Å². The summed E-state index contributed by atoms with van der Waals surface area (Å²) in [5.41, 5.74) is 4.02. The summed E-state index contributed by atoms with van der Waals surface area (Å²) in [7, 11) is 1.56. The summed E-state index contributed by atoms with van der Waals surface area (Å²) in [5.74, 6) is -0.292. The van der Waals surface area contributed by atoms with E-state index in [0.29, 0.717) is 33.3 Å². The van der Waals surface area contributed by atoms with Gasteiger partial charge in [0.25, 0.3) is 11.8 Å².